The van der Waals surface area contributed by atoms with E-state index in [0.29, 0.717) is 10.3 Å². The lowest BCUT2D eigenvalue weighted by Crippen LogP contribution is -2.22. The van der Waals surface area contributed by atoms with Crippen LogP contribution in [0.3, 0.4) is 0 Å². The summed E-state index contributed by atoms with van der Waals surface area (Å²) in [6.45, 7) is 1.86. The highest BCUT2D eigenvalue weighted by atomic mass is 32.2. The highest BCUT2D eigenvalue weighted by Gasteiger charge is 2.21. The molecule has 1 amide bonds. The minimum Gasteiger partial charge on any atom is -0.497 e. The molecule has 0 saturated heterocycles. The third kappa shape index (κ3) is 5.74. The third-order valence-electron chi connectivity index (χ3n) is 5.89. The van der Waals surface area contributed by atoms with Gasteiger partial charge in [-0.05, 0) is 55.5 Å². The fourth-order valence-electron chi connectivity index (χ4n) is 3.83. The fourth-order valence-corrected chi connectivity index (χ4v) is 5.36. The molecule has 0 fully saturated rings. The maximum absolute atomic E-state index is 13.0. The second-order valence-corrected chi connectivity index (χ2v) is 10.6. The van der Waals surface area contributed by atoms with Crippen molar-refractivity contribution in [2.45, 2.75) is 17.3 Å². The number of H-pyrrole nitrogens is 1. The number of aromatic nitrogens is 3. The van der Waals surface area contributed by atoms with Gasteiger partial charge in [0.05, 0.1) is 36.6 Å². The summed E-state index contributed by atoms with van der Waals surface area (Å²) in [7, 11) is 3.28. The molecule has 2 heterocycles. The molecule has 0 aliphatic carbocycles. The molecule has 0 saturated carbocycles. The summed E-state index contributed by atoms with van der Waals surface area (Å²) >= 11 is 2.77. The first kappa shape index (κ1) is 25.6. The predicted octanol–water partition coefficient (Wildman–Crippen LogP) is 7.00. The molecule has 3 aromatic carbocycles. The summed E-state index contributed by atoms with van der Waals surface area (Å²) in [6, 6.07) is 25.4. The zero-order valence-electron chi connectivity index (χ0n) is 21.1. The molecule has 1 unspecified atom stereocenters. The Balaban J connectivity index is 1.36. The van der Waals surface area contributed by atoms with Crippen molar-refractivity contribution in [1.82, 2.24) is 15.0 Å². The first-order valence-corrected chi connectivity index (χ1v) is 13.7. The quantitative estimate of drug-likeness (QED) is 0.195. The van der Waals surface area contributed by atoms with E-state index in [1.165, 1.54) is 23.1 Å². The zero-order valence-corrected chi connectivity index (χ0v) is 22.7. The number of nitrogens with zero attached hydrogens (tertiary/aromatic N) is 2. The Morgan fingerprint density at radius 2 is 1.50 bits per heavy atom. The summed E-state index contributed by atoms with van der Waals surface area (Å²) in [5, 5.41) is 5.69. The molecular weight excluding hydrogens is 516 g/mol. The van der Waals surface area contributed by atoms with Crippen LogP contribution in [0.25, 0.3) is 33.8 Å². The van der Waals surface area contributed by atoms with Crippen molar-refractivity contribution >= 4 is 34.1 Å². The Morgan fingerprint density at radius 1 is 0.868 bits per heavy atom. The van der Waals surface area contributed by atoms with Gasteiger partial charge in [0.2, 0.25) is 5.91 Å². The number of hydrogen-bond donors (Lipinski definition) is 2. The fraction of sp³-hybridized carbons (Fsp3) is 0.138. The second-order valence-electron chi connectivity index (χ2n) is 8.38. The van der Waals surface area contributed by atoms with Crippen molar-refractivity contribution in [1.29, 1.82) is 0 Å². The molecule has 5 aromatic rings. The second kappa shape index (κ2) is 11.5. The van der Waals surface area contributed by atoms with Crippen molar-refractivity contribution in [3.05, 3.63) is 84.2 Å². The van der Waals surface area contributed by atoms with Gasteiger partial charge < -0.3 is 19.8 Å². The van der Waals surface area contributed by atoms with Crippen molar-refractivity contribution in [2.75, 3.05) is 19.5 Å². The summed E-state index contributed by atoms with van der Waals surface area (Å²) in [4.78, 5) is 25.9. The lowest BCUT2D eigenvalue weighted by Gasteiger charge is -2.08. The smallest absolute Gasteiger partial charge is 0.239 e. The number of carbonyl (C=O) groups excluding carboxylic acids is 1. The maximum Gasteiger partial charge on any atom is 0.239 e. The number of thioether (sulfide) groups is 1. The molecule has 0 aliphatic heterocycles. The highest BCUT2D eigenvalue weighted by molar-refractivity contribution is 8.00. The van der Waals surface area contributed by atoms with E-state index < -0.39 is 5.25 Å². The Labute approximate surface area is 229 Å². The normalized spacial score (nSPS) is 11.7. The number of aromatic amines is 1. The number of anilines is 1. The Bertz CT molecular complexity index is 1450. The minimum absolute atomic E-state index is 0.141. The summed E-state index contributed by atoms with van der Waals surface area (Å²) in [5.74, 6) is 1.40. The van der Waals surface area contributed by atoms with E-state index in [2.05, 4.69) is 15.3 Å². The highest BCUT2D eigenvalue weighted by Crippen LogP contribution is 2.35. The van der Waals surface area contributed by atoms with Gasteiger partial charge in [-0.2, -0.15) is 0 Å². The summed E-state index contributed by atoms with van der Waals surface area (Å²) in [5.41, 5.74) is 5.41. The van der Waals surface area contributed by atoms with E-state index in [1.807, 2.05) is 91.2 Å². The number of hydrogen-bond acceptors (Lipinski definition) is 7. The molecule has 0 bridgehead atoms. The first-order chi connectivity index (χ1) is 18.5. The summed E-state index contributed by atoms with van der Waals surface area (Å²) in [6.07, 6.45) is 0. The largest absolute Gasteiger partial charge is 0.497 e. The van der Waals surface area contributed by atoms with Crippen molar-refractivity contribution in [3.63, 3.8) is 0 Å². The summed E-state index contributed by atoms with van der Waals surface area (Å²) < 4.78 is 10.6. The molecule has 38 heavy (non-hydrogen) atoms. The maximum atomic E-state index is 13.0. The van der Waals surface area contributed by atoms with Crippen LogP contribution in [0.4, 0.5) is 5.13 Å². The number of rotatable bonds is 9. The van der Waals surface area contributed by atoms with E-state index >= 15 is 0 Å². The number of ether oxygens (including phenoxy) is 2. The van der Waals surface area contributed by atoms with Crippen LogP contribution in [0.15, 0.2) is 89.4 Å². The zero-order chi connectivity index (χ0) is 26.5. The average molecular weight is 543 g/mol. The van der Waals surface area contributed by atoms with Gasteiger partial charge in [-0.1, -0.05) is 42.1 Å². The number of benzene rings is 3. The molecule has 9 heteroatoms. The van der Waals surface area contributed by atoms with E-state index in [1.54, 1.807) is 14.2 Å². The SMILES string of the molecule is COc1ccc(-c2nc(SC(C)C(=O)Nc3nc(-c4ccccc4)cs3)[nH]c2-c2ccc(OC)cc2)cc1. The third-order valence-corrected chi connectivity index (χ3v) is 7.63. The van der Waals surface area contributed by atoms with Gasteiger partial charge in [0.15, 0.2) is 10.3 Å². The van der Waals surface area contributed by atoms with Crippen LogP contribution in [0, 0.1) is 0 Å². The average Bonchev–Trinajstić information content (AvgIpc) is 3.61. The van der Waals surface area contributed by atoms with Crippen LogP contribution >= 0.6 is 23.1 Å². The Kier molecular flexibility index (Phi) is 7.76. The lowest BCUT2D eigenvalue weighted by atomic mass is 10.0. The van der Waals surface area contributed by atoms with Crippen molar-refractivity contribution in [2.24, 2.45) is 0 Å². The Morgan fingerprint density at radius 3 is 2.13 bits per heavy atom. The molecule has 0 radical (unpaired) electrons. The van der Waals surface area contributed by atoms with Gasteiger partial charge in [-0.15, -0.1) is 11.3 Å². The predicted molar refractivity (Wildman–Crippen MR) is 154 cm³/mol. The minimum atomic E-state index is -0.405. The van der Waals surface area contributed by atoms with Gasteiger partial charge in [-0.3, -0.25) is 4.79 Å². The first-order valence-electron chi connectivity index (χ1n) is 11.9. The molecule has 1 atom stereocenters. The number of methoxy groups -OCH3 is 2. The van der Waals surface area contributed by atoms with Crippen LogP contribution in [-0.4, -0.2) is 40.3 Å². The molecule has 7 nitrogen and oxygen atoms in total. The van der Waals surface area contributed by atoms with Crippen molar-refractivity contribution in [3.8, 4) is 45.3 Å². The Hall–Kier alpha value is -4.08. The van der Waals surface area contributed by atoms with Crippen LogP contribution in [0.1, 0.15) is 6.92 Å². The molecule has 0 aliphatic rings. The number of carbonyl (C=O) groups is 1. The number of amides is 1. The van der Waals surface area contributed by atoms with Gasteiger partial charge in [0.1, 0.15) is 11.5 Å². The van der Waals surface area contributed by atoms with E-state index in [9.17, 15) is 4.79 Å². The van der Waals surface area contributed by atoms with E-state index in [4.69, 9.17) is 14.5 Å². The van der Waals surface area contributed by atoms with Crippen LogP contribution in [0.5, 0.6) is 11.5 Å². The van der Waals surface area contributed by atoms with Crippen molar-refractivity contribution < 1.29 is 14.3 Å². The topological polar surface area (TPSA) is 89.1 Å². The van der Waals surface area contributed by atoms with Gasteiger partial charge >= 0.3 is 0 Å². The standard InChI is InChI=1S/C29H26N4O3S2/c1-18(27(34)33-28-30-24(17-37-28)19-7-5-4-6-8-19)38-29-31-25(20-9-13-22(35-2)14-10-20)26(32-29)21-11-15-23(36-3)16-12-21/h4-18H,1-3H3,(H,31,32)(H,30,33,34). The number of nitrogens with one attached hydrogen (secondary N) is 2. The van der Waals surface area contributed by atoms with E-state index in [0.717, 1.165) is 45.3 Å². The van der Waals surface area contributed by atoms with E-state index in [-0.39, 0.29) is 5.91 Å². The van der Waals surface area contributed by atoms with Crippen LogP contribution in [0.2, 0.25) is 0 Å². The number of imidazole rings is 1. The molecule has 192 valence electrons. The van der Waals surface area contributed by atoms with Gasteiger partial charge in [0, 0.05) is 22.1 Å². The molecule has 5 rings (SSSR count). The molecule has 0 spiro atoms. The lowest BCUT2D eigenvalue weighted by molar-refractivity contribution is -0.115. The molecule has 2 aromatic heterocycles. The van der Waals surface area contributed by atoms with Crippen LogP contribution < -0.4 is 14.8 Å². The van der Waals surface area contributed by atoms with Crippen LogP contribution in [-0.2, 0) is 4.79 Å². The van der Waals surface area contributed by atoms with Gasteiger partial charge in [0.25, 0.3) is 0 Å². The monoisotopic (exact) mass is 542 g/mol. The van der Waals surface area contributed by atoms with Gasteiger partial charge in [-0.25, -0.2) is 9.97 Å². The molecular formula is C29H26N4O3S2. The number of thiazole rings is 1. The molecule has 2 N–H and O–H groups in total.